The van der Waals surface area contributed by atoms with Gasteiger partial charge in [0, 0.05) is 38.1 Å². The van der Waals surface area contributed by atoms with E-state index in [1.54, 1.807) is 30.3 Å². The van der Waals surface area contributed by atoms with Gasteiger partial charge in [0.05, 0.1) is 10.4 Å². The van der Waals surface area contributed by atoms with E-state index in [4.69, 9.17) is 4.98 Å². The summed E-state index contributed by atoms with van der Waals surface area (Å²) in [4.78, 5) is 9.50. The molecular formula is C22H22N6O2S. The second-order valence-corrected chi connectivity index (χ2v) is 9.34. The molecule has 9 heteroatoms. The minimum absolute atomic E-state index is 0.129. The van der Waals surface area contributed by atoms with Crippen LogP contribution in [-0.4, -0.2) is 65.9 Å². The van der Waals surface area contributed by atoms with E-state index in [0.717, 1.165) is 49.4 Å². The summed E-state index contributed by atoms with van der Waals surface area (Å²) in [6.07, 6.45) is 1.91. The van der Waals surface area contributed by atoms with Crippen LogP contribution in [-0.2, 0) is 9.84 Å². The van der Waals surface area contributed by atoms with Gasteiger partial charge in [0.2, 0.25) is 14.9 Å². The fraction of sp³-hybridized carbons (Fsp3) is 0.227. The smallest absolute Gasteiger partial charge is 0.229 e. The van der Waals surface area contributed by atoms with Gasteiger partial charge in [-0.1, -0.05) is 41.6 Å². The largest absolute Gasteiger partial charge is 0.353 e. The second-order valence-electron chi connectivity index (χ2n) is 7.48. The number of anilines is 1. The highest BCUT2D eigenvalue weighted by Crippen LogP contribution is 2.30. The van der Waals surface area contributed by atoms with Gasteiger partial charge in [0.25, 0.3) is 0 Å². The summed E-state index contributed by atoms with van der Waals surface area (Å²) in [6.45, 7) is 8.04. The van der Waals surface area contributed by atoms with Crippen molar-refractivity contribution in [3.8, 4) is 0 Å². The zero-order valence-electron chi connectivity index (χ0n) is 16.9. The molecule has 5 rings (SSSR count). The molecule has 158 valence electrons. The van der Waals surface area contributed by atoms with Crippen molar-refractivity contribution in [2.45, 2.75) is 9.92 Å². The summed E-state index contributed by atoms with van der Waals surface area (Å²) in [6, 6.07) is 16.0. The van der Waals surface area contributed by atoms with Crippen LogP contribution in [0, 0.1) is 0 Å². The number of aromatic nitrogens is 4. The summed E-state index contributed by atoms with van der Waals surface area (Å²) in [5.74, 6) is 0.758. The molecule has 0 amide bonds. The lowest BCUT2D eigenvalue weighted by molar-refractivity contribution is 0.284. The van der Waals surface area contributed by atoms with Gasteiger partial charge >= 0.3 is 0 Å². The molecule has 0 radical (unpaired) electrons. The lowest BCUT2D eigenvalue weighted by Crippen LogP contribution is -2.46. The van der Waals surface area contributed by atoms with Crippen molar-refractivity contribution in [3.63, 3.8) is 0 Å². The van der Waals surface area contributed by atoms with E-state index in [9.17, 15) is 8.42 Å². The van der Waals surface area contributed by atoms with Crippen LogP contribution in [0.5, 0.6) is 0 Å². The van der Waals surface area contributed by atoms with E-state index in [-0.39, 0.29) is 15.6 Å². The van der Waals surface area contributed by atoms with Crippen LogP contribution < -0.4 is 4.90 Å². The number of benzene rings is 2. The summed E-state index contributed by atoms with van der Waals surface area (Å²) < 4.78 is 28.0. The van der Waals surface area contributed by atoms with Crippen molar-refractivity contribution in [1.82, 2.24) is 24.7 Å². The van der Waals surface area contributed by atoms with Crippen LogP contribution in [0.1, 0.15) is 0 Å². The maximum Gasteiger partial charge on any atom is 0.229 e. The third-order valence-electron chi connectivity index (χ3n) is 5.57. The average Bonchev–Trinajstić information content (AvgIpc) is 3.25. The Kier molecular flexibility index (Phi) is 4.91. The fourth-order valence-corrected chi connectivity index (χ4v) is 5.23. The van der Waals surface area contributed by atoms with Crippen molar-refractivity contribution in [2.24, 2.45) is 0 Å². The van der Waals surface area contributed by atoms with Crippen LogP contribution in [0.15, 0.2) is 77.2 Å². The summed E-state index contributed by atoms with van der Waals surface area (Å²) >= 11 is 0. The van der Waals surface area contributed by atoms with Crippen molar-refractivity contribution in [1.29, 1.82) is 0 Å². The van der Waals surface area contributed by atoms with Crippen molar-refractivity contribution in [3.05, 3.63) is 67.3 Å². The predicted octanol–water partition coefficient (Wildman–Crippen LogP) is 2.42. The summed E-state index contributed by atoms with van der Waals surface area (Å²) in [5, 5.41) is 8.98. The molecule has 0 spiro atoms. The zero-order valence-corrected chi connectivity index (χ0v) is 17.7. The van der Waals surface area contributed by atoms with Gasteiger partial charge < -0.3 is 4.90 Å². The lowest BCUT2D eigenvalue weighted by Gasteiger charge is -2.35. The molecule has 31 heavy (non-hydrogen) atoms. The number of para-hydroxylation sites is 1. The van der Waals surface area contributed by atoms with Gasteiger partial charge in [-0.2, -0.15) is 4.52 Å². The number of sulfone groups is 1. The van der Waals surface area contributed by atoms with Gasteiger partial charge in [-0.15, -0.1) is 11.7 Å². The van der Waals surface area contributed by atoms with Gasteiger partial charge in [0.15, 0.2) is 5.65 Å². The van der Waals surface area contributed by atoms with Crippen LogP contribution >= 0.6 is 0 Å². The third kappa shape index (κ3) is 3.35. The second kappa shape index (κ2) is 7.75. The number of hydrogen-bond donors (Lipinski definition) is 0. The molecule has 0 bridgehead atoms. The molecular weight excluding hydrogens is 412 g/mol. The predicted molar refractivity (Wildman–Crippen MR) is 119 cm³/mol. The first-order valence-electron chi connectivity index (χ1n) is 10.1. The monoisotopic (exact) mass is 434 g/mol. The van der Waals surface area contributed by atoms with Crippen LogP contribution in [0.4, 0.5) is 5.82 Å². The standard InChI is InChI=1S/C22H22N6O2S/c1-2-12-26-13-15-27(16-14-26)20-18-10-6-7-11-19(18)28-21(23-20)22(24-25-28)31(29,30)17-8-4-3-5-9-17/h2-11H,1,12-16H2. The van der Waals surface area contributed by atoms with Crippen molar-refractivity contribution in [2.75, 3.05) is 37.6 Å². The first-order chi connectivity index (χ1) is 15.1. The number of nitrogens with zero attached hydrogens (tertiary/aromatic N) is 6. The summed E-state index contributed by atoms with van der Waals surface area (Å²) in [5.41, 5.74) is 1.02. The molecule has 8 nitrogen and oxygen atoms in total. The van der Waals surface area contributed by atoms with Gasteiger partial charge in [-0.25, -0.2) is 13.4 Å². The first-order valence-corrected chi connectivity index (χ1v) is 11.6. The molecule has 0 unspecified atom stereocenters. The zero-order chi connectivity index (χ0) is 21.4. The third-order valence-corrected chi connectivity index (χ3v) is 7.24. The molecule has 1 aliphatic heterocycles. The van der Waals surface area contributed by atoms with Crippen LogP contribution in [0.3, 0.4) is 0 Å². The topological polar surface area (TPSA) is 83.7 Å². The quantitative estimate of drug-likeness (QED) is 0.446. The Hall–Kier alpha value is -3.30. The molecule has 4 aromatic rings. The van der Waals surface area contributed by atoms with E-state index in [1.807, 2.05) is 30.3 Å². The molecule has 1 aliphatic rings. The first kappa shape index (κ1) is 19.7. The van der Waals surface area contributed by atoms with Gasteiger partial charge in [-0.05, 0) is 24.3 Å². The van der Waals surface area contributed by atoms with E-state index >= 15 is 0 Å². The molecule has 3 heterocycles. The highest BCUT2D eigenvalue weighted by Gasteiger charge is 2.28. The Labute approximate surface area is 180 Å². The Morgan fingerprint density at radius 2 is 1.68 bits per heavy atom. The minimum atomic E-state index is -3.85. The molecule has 0 aliphatic carbocycles. The fourth-order valence-electron chi connectivity index (χ4n) is 3.98. The average molecular weight is 435 g/mol. The molecule has 0 saturated carbocycles. The molecule has 2 aromatic carbocycles. The highest BCUT2D eigenvalue weighted by atomic mass is 32.2. The molecule has 1 fully saturated rings. The normalized spacial score (nSPS) is 15.5. The Morgan fingerprint density at radius 3 is 2.42 bits per heavy atom. The van der Waals surface area contributed by atoms with Gasteiger partial charge in [-0.3, -0.25) is 4.90 Å². The molecule has 0 N–H and O–H groups in total. The van der Waals surface area contributed by atoms with E-state index < -0.39 is 9.84 Å². The maximum atomic E-state index is 13.3. The minimum Gasteiger partial charge on any atom is -0.353 e. The molecule has 1 saturated heterocycles. The van der Waals surface area contributed by atoms with Crippen molar-refractivity contribution < 1.29 is 8.42 Å². The Bertz CT molecular complexity index is 1360. The number of fused-ring (bicyclic) bond motifs is 3. The summed E-state index contributed by atoms with van der Waals surface area (Å²) in [7, 11) is -3.85. The molecule has 2 aromatic heterocycles. The van der Waals surface area contributed by atoms with E-state index in [0.29, 0.717) is 0 Å². The van der Waals surface area contributed by atoms with Crippen molar-refractivity contribution >= 4 is 32.2 Å². The van der Waals surface area contributed by atoms with Crippen LogP contribution in [0.25, 0.3) is 16.6 Å². The molecule has 0 atom stereocenters. The van der Waals surface area contributed by atoms with E-state index in [1.165, 1.54) is 4.52 Å². The lowest BCUT2D eigenvalue weighted by atomic mass is 10.2. The van der Waals surface area contributed by atoms with Gasteiger partial charge in [0.1, 0.15) is 5.82 Å². The number of hydrogen-bond acceptors (Lipinski definition) is 7. The maximum absolute atomic E-state index is 13.3. The highest BCUT2D eigenvalue weighted by molar-refractivity contribution is 7.91. The number of piperazine rings is 1. The van der Waals surface area contributed by atoms with Crippen LogP contribution in [0.2, 0.25) is 0 Å². The Balaban J connectivity index is 1.66. The number of rotatable bonds is 5. The van der Waals surface area contributed by atoms with E-state index in [2.05, 4.69) is 26.7 Å². The Morgan fingerprint density at radius 1 is 0.968 bits per heavy atom. The SMILES string of the molecule is C=CCN1CCN(c2nc3c(S(=O)(=O)c4ccccc4)nnn3c3ccccc23)CC1.